The first-order valence-electron chi connectivity index (χ1n) is 6.52. The topological polar surface area (TPSA) is 84.7 Å². The van der Waals surface area contributed by atoms with E-state index in [0.717, 1.165) is 18.2 Å². The molecular weight excluding hydrogens is 281 g/mol. The molecular formula is C13H16FN3O4. The number of nitrogens with zero attached hydrogens (tertiary/aromatic N) is 2. The number of halogens is 1. The molecule has 0 aliphatic carbocycles. The number of carbonyl (C=O) groups is 1. The highest BCUT2D eigenvalue weighted by Gasteiger charge is 2.29. The monoisotopic (exact) mass is 297 g/mol. The molecule has 1 amide bonds. The molecule has 7 nitrogen and oxygen atoms in total. The largest absolute Gasteiger partial charge is 0.373 e. The van der Waals surface area contributed by atoms with E-state index in [-0.39, 0.29) is 11.7 Å². The molecule has 1 heterocycles. The summed E-state index contributed by atoms with van der Waals surface area (Å²) in [6, 6.07) is 2.96. The van der Waals surface area contributed by atoms with Crippen LogP contribution in [0.15, 0.2) is 18.2 Å². The lowest BCUT2D eigenvalue weighted by Gasteiger charge is -2.32. The molecule has 1 aromatic carbocycles. The summed E-state index contributed by atoms with van der Waals surface area (Å²) in [7, 11) is 1.77. The lowest BCUT2D eigenvalue weighted by Crippen LogP contribution is -2.48. The maximum absolute atomic E-state index is 13.1. The number of benzene rings is 1. The van der Waals surface area contributed by atoms with Crippen molar-refractivity contribution >= 4 is 11.6 Å². The summed E-state index contributed by atoms with van der Waals surface area (Å²) in [5.74, 6) is -1.22. The Morgan fingerprint density at radius 2 is 2.38 bits per heavy atom. The average Bonchev–Trinajstić information content (AvgIpc) is 2.47. The van der Waals surface area contributed by atoms with Gasteiger partial charge in [0.2, 0.25) is 0 Å². The highest BCUT2D eigenvalue weighted by Crippen LogP contribution is 2.22. The van der Waals surface area contributed by atoms with E-state index in [1.807, 2.05) is 0 Å². The molecule has 1 aliphatic rings. The number of nitro groups is 1. The van der Waals surface area contributed by atoms with Crippen molar-refractivity contribution < 1.29 is 18.8 Å². The smallest absolute Gasteiger partial charge is 0.285 e. The molecule has 1 aromatic rings. The number of likely N-dealkylation sites (N-methyl/N-ethyl adjacent to an activating group) is 1. The Labute approximate surface area is 120 Å². The first-order valence-corrected chi connectivity index (χ1v) is 6.52. The Morgan fingerprint density at radius 3 is 3.05 bits per heavy atom. The van der Waals surface area contributed by atoms with Crippen LogP contribution in [0.1, 0.15) is 10.4 Å². The van der Waals surface area contributed by atoms with E-state index in [0.29, 0.717) is 26.2 Å². The second kappa shape index (κ2) is 6.59. The molecule has 2 rings (SSSR count). The van der Waals surface area contributed by atoms with Gasteiger partial charge in [0.15, 0.2) is 0 Å². The van der Waals surface area contributed by atoms with E-state index in [1.165, 1.54) is 4.90 Å². The van der Waals surface area contributed by atoms with Gasteiger partial charge in [0.25, 0.3) is 11.6 Å². The Kier molecular flexibility index (Phi) is 4.81. The first kappa shape index (κ1) is 15.3. The third kappa shape index (κ3) is 3.53. The first-order chi connectivity index (χ1) is 10.0. The summed E-state index contributed by atoms with van der Waals surface area (Å²) < 4.78 is 18.6. The van der Waals surface area contributed by atoms with Crippen LogP contribution < -0.4 is 5.32 Å². The summed E-state index contributed by atoms with van der Waals surface area (Å²) in [5, 5.41) is 13.9. The van der Waals surface area contributed by atoms with Crippen molar-refractivity contribution in [3.05, 3.63) is 39.7 Å². The van der Waals surface area contributed by atoms with Gasteiger partial charge in [0.05, 0.1) is 23.7 Å². The summed E-state index contributed by atoms with van der Waals surface area (Å²) in [5.41, 5.74) is -0.622. The van der Waals surface area contributed by atoms with Crippen molar-refractivity contribution in [3.63, 3.8) is 0 Å². The van der Waals surface area contributed by atoms with E-state index >= 15 is 0 Å². The van der Waals surface area contributed by atoms with Gasteiger partial charge < -0.3 is 15.0 Å². The number of amides is 1. The summed E-state index contributed by atoms with van der Waals surface area (Å²) >= 11 is 0. The van der Waals surface area contributed by atoms with Crippen LogP contribution in [0.3, 0.4) is 0 Å². The second-order valence-electron chi connectivity index (χ2n) is 4.72. The fourth-order valence-electron chi connectivity index (χ4n) is 2.26. The maximum atomic E-state index is 13.1. The number of hydrogen-bond donors (Lipinski definition) is 1. The lowest BCUT2D eigenvalue weighted by atomic mass is 10.1. The van der Waals surface area contributed by atoms with Crippen molar-refractivity contribution in [1.29, 1.82) is 0 Å². The molecule has 1 unspecified atom stereocenters. The van der Waals surface area contributed by atoms with Gasteiger partial charge in [-0.2, -0.15) is 0 Å². The number of morpholine rings is 1. The van der Waals surface area contributed by atoms with E-state index in [2.05, 4.69) is 5.32 Å². The van der Waals surface area contributed by atoms with Crippen LogP contribution in [-0.4, -0.2) is 55.1 Å². The zero-order chi connectivity index (χ0) is 15.4. The fraction of sp³-hybridized carbons (Fsp3) is 0.462. The third-order valence-corrected chi connectivity index (χ3v) is 3.24. The molecule has 1 atom stereocenters. The summed E-state index contributed by atoms with van der Waals surface area (Å²) in [6.07, 6.45) is -0.160. The highest BCUT2D eigenvalue weighted by molar-refractivity contribution is 5.98. The molecule has 21 heavy (non-hydrogen) atoms. The number of nitro benzene ring substituents is 1. The van der Waals surface area contributed by atoms with Crippen molar-refractivity contribution in [3.8, 4) is 0 Å². The number of hydrogen-bond acceptors (Lipinski definition) is 5. The van der Waals surface area contributed by atoms with Crippen LogP contribution in [-0.2, 0) is 4.74 Å². The van der Waals surface area contributed by atoms with Crippen LogP contribution >= 0.6 is 0 Å². The van der Waals surface area contributed by atoms with Gasteiger partial charge in [-0.1, -0.05) is 0 Å². The molecule has 0 saturated carbocycles. The van der Waals surface area contributed by atoms with Crippen LogP contribution in [0.25, 0.3) is 0 Å². The van der Waals surface area contributed by atoms with Gasteiger partial charge in [-0.3, -0.25) is 14.9 Å². The normalized spacial score (nSPS) is 18.6. The van der Waals surface area contributed by atoms with Crippen molar-refractivity contribution in [2.45, 2.75) is 6.10 Å². The number of nitrogens with one attached hydrogen (secondary N) is 1. The Morgan fingerprint density at radius 1 is 1.62 bits per heavy atom. The Bertz CT molecular complexity index is 550. The molecule has 0 aromatic heterocycles. The van der Waals surface area contributed by atoms with Gasteiger partial charge in [-0.15, -0.1) is 0 Å². The van der Waals surface area contributed by atoms with Gasteiger partial charge in [-0.25, -0.2) is 4.39 Å². The van der Waals surface area contributed by atoms with Gasteiger partial charge >= 0.3 is 0 Å². The fourth-order valence-corrected chi connectivity index (χ4v) is 2.26. The van der Waals surface area contributed by atoms with Gasteiger partial charge in [-0.05, 0) is 19.2 Å². The lowest BCUT2D eigenvalue weighted by molar-refractivity contribution is -0.385. The Hall–Kier alpha value is -2.06. The SMILES string of the molecule is CNCC1CN(C(=O)c2ccc(F)cc2[N+](=O)[O-])CCO1. The standard InChI is InChI=1S/C13H16FN3O4/c1-15-7-10-8-16(4-5-21-10)13(18)11-3-2-9(14)6-12(11)17(19)20/h2-3,6,10,15H,4-5,7-8H2,1H3. The summed E-state index contributed by atoms with van der Waals surface area (Å²) in [6.45, 7) is 1.64. The van der Waals surface area contributed by atoms with E-state index in [9.17, 15) is 19.3 Å². The summed E-state index contributed by atoms with van der Waals surface area (Å²) in [4.78, 5) is 24.1. The van der Waals surface area contributed by atoms with Gasteiger partial charge in [0, 0.05) is 19.6 Å². The zero-order valence-electron chi connectivity index (χ0n) is 11.5. The minimum atomic E-state index is -0.748. The molecule has 0 radical (unpaired) electrons. The predicted octanol–water partition coefficient (Wildman–Crippen LogP) is 0.794. The highest BCUT2D eigenvalue weighted by atomic mass is 19.1. The van der Waals surface area contributed by atoms with Crippen LogP contribution in [0, 0.1) is 15.9 Å². The molecule has 0 spiro atoms. The molecule has 8 heteroatoms. The van der Waals surface area contributed by atoms with E-state index < -0.39 is 22.3 Å². The van der Waals surface area contributed by atoms with E-state index in [4.69, 9.17) is 4.74 Å². The van der Waals surface area contributed by atoms with Crippen molar-refractivity contribution in [2.24, 2.45) is 0 Å². The Balaban J connectivity index is 2.21. The molecule has 1 fully saturated rings. The molecule has 1 N–H and O–H groups in total. The minimum Gasteiger partial charge on any atom is -0.373 e. The second-order valence-corrected chi connectivity index (χ2v) is 4.72. The molecule has 1 aliphatic heterocycles. The van der Waals surface area contributed by atoms with Crippen LogP contribution in [0.4, 0.5) is 10.1 Å². The number of ether oxygens (including phenoxy) is 1. The minimum absolute atomic E-state index is 0.105. The molecule has 114 valence electrons. The number of carbonyl (C=O) groups excluding carboxylic acids is 1. The molecule has 0 bridgehead atoms. The van der Waals surface area contributed by atoms with Crippen molar-refractivity contribution in [1.82, 2.24) is 10.2 Å². The molecule has 1 saturated heterocycles. The maximum Gasteiger partial charge on any atom is 0.285 e. The predicted molar refractivity (Wildman–Crippen MR) is 72.6 cm³/mol. The van der Waals surface area contributed by atoms with Crippen LogP contribution in [0.5, 0.6) is 0 Å². The van der Waals surface area contributed by atoms with E-state index in [1.54, 1.807) is 7.05 Å². The quantitative estimate of drug-likeness (QED) is 0.656. The third-order valence-electron chi connectivity index (χ3n) is 3.24. The van der Waals surface area contributed by atoms with Crippen molar-refractivity contribution in [2.75, 3.05) is 33.3 Å². The zero-order valence-corrected chi connectivity index (χ0v) is 11.5. The van der Waals surface area contributed by atoms with Crippen LogP contribution in [0.2, 0.25) is 0 Å². The average molecular weight is 297 g/mol. The van der Waals surface area contributed by atoms with Gasteiger partial charge in [0.1, 0.15) is 11.4 Å². The number of rotatable bonds is 4.